The molecule has 0 spiro atoms. The van der Waals surface area contributed by atoms with Gasteiger partial charge in [0.2, 0.25) is 0 Å². The number of fused-ring (bicyclic) bond motifs is 10. The van der Waals surface area contributed by atoms with Gasteiger partial charge in [-0.3, -0.25) is 0 Å². The van der Waals surface area contributed by atoms with Crippen LogP contribution in [0.5, 0.6) is 0 Å². The summed E-state index contributed by atoms with van der Waals surface area (Å²) in [5.41, 5.74) is 14.5. The molecule has 0 aliphatic heterocycles. The Hall–Kier alpha value is -7.68. The van der Waals surface area contributed by atoms with Gasteiger partial charge in [0, 0.05) is 32.9 Å². The highest BCUT2D eigenvalue weighted by Gasteiger charge is 2.18. The van der Waals surface area contributed by atoms with Crippen LogP contribution in [0.1, 0.15) is 0 Å². The standard InChI is InChI=1S/C56H36N2/c1-3-11-37(12-4-1)39-21-28-45(29-22-39)57-51-17-9-7-15-48(51)55-47-32-25-42(35-44(47)27-34-53(55)57)43-20-19-41-26-33-54-56(50(41)36-43)49-16-8-10-18-52(49)58(54)46-30-23-40(24-31-46)38-13-5-2-6-14-38/h1-36H. The first-order chi connectivity index (χ1) is 28.8. The van der Waals surface area contributed by atoms with E-state index in [0.717, 1.165) is 11.4 Å². The largest absolute Gasteiger partial charge is 0.309 e. The lowest BCUT2D eigenvalue weighted by Gasteiger charge is -2.11. The van der Waals surface area contributed by atoms with Crippen LogP contribution in [0.15, 0.2) is 218 Å². The van der Waals surface area contributed by atoms with Gasteiger partial charge in [0.25, 0.3) is 0 Å². The van der Waals surface area contributed by atoms with Gasteiger partial charge in [-0.1, -0.05) is 158 Å². The first-order valence-corrected chi connectivity index (χ1v) is 20.0. The second-order valence-corrected chi connectivity index (χ2v) is 15.3. The summed E-state index contributed by atoms with van der Waals surface area (Å²) in [6.07, 6.45) is 0. The third kappa shape index (κ3) is 5.05. The molecule has 0 radical (unpaired) electrons. The highest BCUT2D eigenvalue weighted by atomic mass is 15.0. The molecule has 0 fully saturated rings. The van der Waals surface area contributed by atoms with Crippen molar-refractivity contribution in [1.29, 1.82) is 0 Å². The molecule has 2 aromatic heterocycles. The minimum atomic E-state index is 1.16. The minimum Gasteiger partial charge on any atom is -0.309 e. The minimum absolute atomic E-state index is 1.16. The number of benzene rings is 10. The number of aromatic nitrogens is 2. The van der Waals surface area contributed by atoms with Crippen molar-refractivity contribution in [3.8, 4) is 44.8 Å². The predicted molar refractivity (Wildman–Crippen MR) is 246 cm³/mol. The van der Waals surface area contributed by atoms with Crippen LogP contribution in [0.3, 0.4) is 0 Å². The summed E-state index contributed by atoms with van der Waals surface area (Å²) in [4.78, 5) is 0. The number of hydrogen-bond acceptors (Lipinski definition) is 0. The predicted octanol–water partition coefficient (Wildman–Crippen LogP) is 15.2. The molecule has 0 amide bonds. The van der Waals surface area contributed by atoms with Crippen LogP contribution in [0, 0.1) is 0 Å². The molecule has 0 unspecified atom stereocenters. The molecule has 10 aromatic carbocycles. The van der Waals surface area contributed by atoms with Gasteiger partial charge in [0.1, 0.15) is 0 Å². The van der Waals surface area contributed by atoms with Gasteiger partial charge < -0.3 is 9.13 Å². The summed E-state index contributed by atoms with van der Waals surface area (Å²) in [6.45, 7) is 0. The number of hydrogen-bond donors (Lipinski definition) is 0. The molecule has 0 aliphatic rings. The monoisotopic (exact) mass is 736 g/mol. The van der Waals surface area contributed by atoms with E-state index in [9.17, 15) is 0 Å². The fraction of sp³-hybridized carbons (Fsp3) is 0. The molecule has 0 saturated carbocycles. The van der Waals surface area contributed by atoms with Crippen LogP contribution in [0.2, 0.25) is 0 Å². The molecule has 270 valence electrons. The van der Waals surface area contributed by atoms with Crippen LogP contribution >= 0.6 is 0 Å². The van der Waals surface area contributed by atoms with E-state index in [1.165, 1.54) is 98.5 Å². The summed E-state index contributed by atoms with van der Waals surface area (Å²) in [7, 11) is 0. The Morgan fingerprint density at radius 3 is 1.21 bits per heavy atom. The van der Waals surface area contributed by atoms with Crippen molar-refractivity contribution < 1.29 is 0 Å². The van der Waals surface area contributed by atoms with Crippen molar-refractivity contribution in [2.45, 2.75) is 0 Å². The Bertz CT molecular complexity index is 3520. The quantitative estimate of drug-likeness (QED) is 0.167. The lowest BCUT2D eigenvalue weighted by molar-refractivity contribution is 1.18. The highest BCUT2D eigenvalue weighted by molar-refractivity contribution is 6.23. The first kappa shape index (κ1) is 32.6. The molecule has 58 heavy (non-hydrogen) atoms. The zero-order valence-corrected chi connectivity index (χ0v) is 31.7. The molecule has 0 atom stereocenters. The van der Waals surface area contributed by atoms with Crippen molar-refractivity contribution in [2.75, 3.05) is 0 Å². The third-order valence-corrected chi connectivity index (χ3v) is 12.1. The van der Waals surface area contributed by atoms with E-state index in [2.05, 4.69) is 228 Å². The average Bonchev–Trinajstić information content (AvgIpc) is 3.83. The summed E-state index contributed by atoms with van der Waals surface area (Å²) >= 11 is 0. The summed E-state index contributed by atoms with van der Waals surface area (Å²) in [5.74, 6) is 0. The lowest BCUT2D eigenvalue weighted by atomic mass is 9.95. The van der Waals surface area contributed by atoms with E-state index in [0.29, 0.717) is 0 Å². The van der Waals surface area contributed by atoms with Gasteiger partial charge in [0.05, 0.1) is 22.1 Å². The number of nitrogens with zero attached hydrogens (tertiary/aromatic N) is 2. The molecule has 2 heterocycles. The first-order valence-electron chi connectivity index (χ1n) is 20.0. The zero-order valence-electron chi connectivity index (χ0n) is 31.7. The third-order valence-electron chi connectivity index (χ3n) is 12.1. The molecule has 12 rings (SSSR count). The Balaban J connectivity index is 0.982. The number of para-hydroxylation sites is 2. The van der Waals surface area contributed by atoms with E-state index in [-0.39, 0.29) is 0 Å². The van der Waals surface area contributed by atoms with Crippen LogP contribution in [0.25, 0.3) is 110 Å². The molecule has 2 heteroatoms. The van der Waals surface area contributed by atoms with Crippen molar-refractivity contribution >= 4 is 65.2 Å². The van der Waals surface area contributed by atoms with Crippen molar-refractivity contribution in [3.05, 3.63) is 218 Å². The van der Waals surface area contributed by atoms with Gasteiger partial charge in [-0.25, -0.2) is 0 Å². The second kappa shape index (κ2) is 12.9. The van der Waals surface area contributed by atoms with Gasteiger partial charge >= 0.3 is 0 Å². The van der Waals surface area contributed by atoms with Gasteiger partial charge in [0.15, 0.2) is 0 Å². The van der Waals surface area contributed by atoms with Crippen LogP contribution in [0.4, 0.5) is 0 Å². The maximum Gasteiger partial charge on any atom is 0.0547 e. The molecule has 0 saturated heterocycles. The van der Waals surface area contributed by atoms with E-state index >= 15 is 0 Å². The zero-order chi connectivity index (χ0) is 38.2. The Kier molecular flexibility index (Phi) is 7.26. The van der Waals surface area contributed by atoms with E-state index in [1.807, 2.05) is 0 Å². The van der Waals surface area contributed by atoms with E-state index < -0.39 is 0 Å². The Morgan fingerprint density at radius 2 is 0.638 bits per heavy atom. The SMILES string of the molecule is c1ccc(-c2ccc(-n3c4ccccc4c4c5ccc(-c6ccc7ccc8c(c7c6)c6ccccc6n8-c6ccc(-c7ccccc7)cc6)cc5ccc43)cc2)cc1. The normalized spacial score (nSPS) is 11.8. The molecule has 2 nitrogen and oxygen atoms in total. The fourth-order valence-corrected chi connectivity index (χ4v) is 9.37. The molecule has 12 aromatic rings. The second-order valence-electron chi connectivity index (χ2n) is 15.3. The van der Waals surface area contributed by atoms with Crippen molar-refractivity contribution in [2.24, 2.45) is 0 Å². The Labute approximate surface area is 336 Å². The van der Waals surface area contributed by atoms with E-state index in [4.69, 9.17) is 0 Å². The van der Waals surface area contributed by atoms with Gasteiger partial charge in [-0.2, -0.15) is 0 Å². The maximum absolute atomic E-state index is 2.42. The average molecular weight is 737 g/mol. The van der Waals surface area contributed by atoms with Crippen LogP contribution in [-0.4, -0.2) is 9.13 Å². The highest BCUT2D eigenvalue weighted by Crippen LogP contribution is 2.41. The molecular weight excluding hydrogens is 701 g/mol. The molecular formula is C56H36N2. The van der Waals surface area contributed by atoms with Gasteiger partial charge in [-0.15, -0.1) is 0 Å². The summed E-state index contributed by atoms with van der Waals surface area (Å²) in [5, 5.41) is 10.1. The maximum atomic E-state index is 2.42. The topological polar surface area (TPSA) is 9.86 Å². The molecule has 0 aliphatic carbocycles. The van der Waals surface area contributed by atoms with Crippen LogP contribution in [-0.2, 0) is 0 Å². The fourth-order valence-electron chi connectivity index (χ4n) is 9.37. The van der Waals surface area contributed by atoms with Gasteiger partial charge in [-0.05, 0) is 116 Å². The summed E-state index contributed by atoms with van der Waals surface area (Å²) in [6, 6.07) is 79.9. The van der Waals surface area contributed by atoms with Crippen molar-refractivity contribution in [3.63, 3.8) is 0 Å². The molecule has 0 N–H and O–H groups in total. The Morgan fingerprint density at radius 1 is 0.224 bits per heavy atom. The number of rotatable bonds is 5. The van der Waals surface area contributed by atoms with E-state index in [1.54, 1.807) is 0 Å². The smallest absolute Gasteiger partial charge is 0.0547 e. The lowest BCUT2D eigenvalue weighted by Crippen LogP contribution is -1.93. The molecule has 0 bridgehead atoms. The van der Waals surface area contributed by atoms with Crippen molar-refractivity contribution in [1.82, 2.24) is 9.13 Å². The summed E-state index contributed by atoms with van der Waals surface area (Å²) < 4.78 is 4.83. The van der Waals surface area contributed by atoms with Crippen LogP contribution < -0.4 is 0 Å².